The molecule has 5 heteroatoms. The molecule has 0 aliphatic rings. The lowest BCUT2D eigenvalue weighted by Crippen LogP contribution is -2.04. The Hall–Kier alpha value is -2.17. The minimum absolute atomic E-state index is 0.111. The third kappa shape index (κ3) is 2.36. The smallest absolute Gasteiger partial charge is 0.336 e. The van der Waals surface area contributed by atoms with Crippen molar-refractivity contribution in [1.29, 1.82) is 0 Å². The van der Waals surface area contributed by atoms with E-state index in [0.717, 1.165) is 5.56 Å². The standard InChI is InChI=1S/C14H16N2O3/c1-7(2)12-15-16-13(19-12)10-8(3)5-6-9(4)11(10)14(17)18/h5-7H,1-4H3,(H,17,18). The lowest BCUT2D eigenvalue weighted by Gasteiger charge is -2.08. The molecule has 0 saturated heterocycles. The van der Waals surface area contributed by atoms with Crippen molar-refractivity contribution >= 4 is 5.97 Å². The van der Waals surface area contributed by atoms with Gasteiger partial charge in [0.2, 0.25) is 11.8 Å². The quantitative estimate of drug-likeness (QED) is 0.917. The summed E-state index contributed by atoms with van der Waals surface area (Å²) in [6.45, 7) is 7.48. The normalized spacial score (nSPS) is 11.0. The van der Waals surface area contributed by atoms with Crippen molar-refractivity contribution in [2.45, 2.75) is 33.6 Å². The van der Waals surface area contributed by atoms with Crippen LogP contribution in [0.3, 0.4) is 0 Å². The number of hydrogen-bond donors (Lipinski definition) is 1. The Morgan fingerprint density at radius 3 is 2.37 bits per heavy atom. The third-order valence-electron chi connectivity index (χ3n) is 2.98. The minimum atomic E-state index is -0.986. The number of hydrogen-bond acceptors (Lipinski definition) is 4. The van der Waals surface area contributed by atoms with Crippen LogP contribution in [0.15, 0.2) is 16.5 Å². The van der Waals surface area contributed by atoms with Crippen LogP contribution in [0.5, 0.6) is 0 Å². The van der Waals surface area contributed by atoms with Gasteiger partial charge in [-0.2, -0.15) is 0 Å². The van der Waals surface area contributed by atoms with Gasteiger partial charge >= 0.3 is 5.97 Å². The number of aromatic carboxylic acids is 1. The largest absolute Gasteiger partial charge is 0.478 e. The number of benzene rings is 1. The summed E-state index contributed by atoms with van der Waals surface area (Å²) in [6, 6.07) is 3.64. The molecule has 0 aliphatic heterocycles. The molecule has 2 rings (SSSR count). The zero-order chi connectivity index (χ0) is 14.2. The Balaban J connectivity index is 2.66. The Morgan fingerprint density at radius 1 is 1.21 bits per heavy atom. The zero-order valence-electron chi connectivity index (χ0n) is 11.4. The highest BCUT2D eigenvalue weighted by Crippen LogP contribution is 2.30. The maximum absolute atomic E-state index is 11.4. The Bertz CT molecular complexity index is 630. The molecule has 0 saturated carbocycles. The molecule has 1 aromatic heterocycles. The van der Waals surface area contributed by atoms with E-state index in [4.69, 9.17) is 4.42 Å². The van der Waals surface area contributed by atoms with Crippen LogP contribution in [0.4, 0.5) is 0 Å². The second-order valence-corrected chi connectivity index (χ2v) is 4.85. The molecule has 0 bridgehead atoms. The molecule has 5 nitrogen and oxygen atoms in total. The van der Waals surface area contributed by atoms with E-state index in [1.165, 1.54) is 0 Å². The summed E-state index contributed by atoms with van der Waals surface area (Å²) in [5.74, 6) is -0.102. The number of aryl methyl sites for hydroxylation is 2. The monoisotopic (exact) mass is 260 g/mol. The maximum Gasteiger partial charge on any atom is 0.336 e. The van der Waals surface area contributed by atoms with Crippen molar-refractivity contribution in [1.82, 2.24) is 10.2 Å². The number of rotatable bonds is 3. The second kappa shape index (κ2) is 4.84. The third-order valence-corrected chi connectivity index (χ3v) is 2.98. The lowest BCUT2D eigenvalue weighted by molar-refractivity contribution is 0.0696. The topological polar surface area (TPSA) is 76.2 Å². The predicted molar refractivity (Wildman–Crippen MR) is 70.3 cm³/mol. The minimum Gasteiger partial charge on any atom is -0.478 e. The molecule has 0 radical (unpaired) electrons. The molecule has 0 aliphatic carbocycles. The fraction of sp³-hybridized carbons (Fsp3) is 0.357. The van der Waals surface area contributed by atoms with Crippen LogP contribution in [0.2, 0.25) is 0 Å². The summed E-state index contributed by atoms with van der Waals surface area (Å²) in [6.07, 6.45) is 0. The van der Waals surface area contributed by atoms with Gasteiger partial charge in [0.05, 0.1) is 11.1 Å². The van der Waals surface area contributed by atoms with Gasteiger partial charge in [-0.15, -0.1) is 10.2 Å². The van der Waals surface area contributed by atoms with Crippen molar-refractivity contribution in [3.63, 3.8) is 0 Å². The van der Waals surface area contributed by atoms with Crippen LogP contribution in [0.25, 0.3) is 11.5 Å². The van der Waals surface area contributed by atoms with Gasteiger partial charge in [0.25, 0.3) is 0 Å². The molecular formula is C14H16N2O3. The first kappa shape index (κ1) is 13.3. The van der Waals surface area contributed by atoms with E-state index in [1.54, 1.807) is 13.0 Å². The van der Waals surface area contributed by atoms with Crippen molar-refractivity contribution in [2.24, 2.45) is 0 Å². The van der Waals surface area contributed by atoms with Gasteiger partial charge in [0.1, 0.15) is 0 Å². The molecule has 0 atom stereocenters. The number of nitrogens with zero attached hydrogens (tertiary/aromatic N) is 2. The van der Waals surface area contributed by atoms with Crippen LogP contribution in [-0.4, -0.2) is 21.3 Å². The number of carboxylic acids is 1. The summed E-state index contributed by atoms with van der Waals surface area (Å²) < 4.78 is 5.57. The van der Waals surface area contributed by atoms with Crippen molar-refractivity contribution < 1.29 is 14.3 Å². The molecule has 0 amide bonds. The van der Waals surface area contributed by atoms with E-state index >= 15 is 0 Å². The van der Waals surface area contributed by atoms with Crippen LogP contribution in [0.1, 0.15) is 47.1 Å². The van der Waals surface area contributed by atoms with Gasteiger partial charge in [-0.3, -0.25) is 0 Å². The first-order chi connectivity index (χ1) is 8.91. The molecule has 0 fully saturated rings. The van der Waals surface area contributed by atoms with Gasteiger partial charge in [-0.1, -0.05) is 26.0 Å². The summed E-state index contributed by atoms with van der Waals surface area (Å²) in [7, 11) is 0. The van der Waals surface area contributed by atoms with Crippen LogP contribution >= 0.6 is 0 Å². The van der Waals surface area contributed by atoms with Crippen molar-refractivity contribution in [3.8, 4) is 11.5 Å². The molecule has 1 aromatic carbocycles. The zero-order valence-corrected chi connectivity index (χ0v) is 11.4. The van der Waals surface area contributed by atoms with Gasteiger partial charge in [0.15, 0.2) is 0 Å². The molecule has 0 spiro atoms. The summed E-state index contributed by atoms with van der Waals surface area (Å²) in [5, 5.41) is 17.3. The molecule has 2 aromatic rings. The molecule has 19 heavy (non-hydrogen) atoms. The molecule has 0 unspecified atom stereocenters. The Morgan fingerprint density at radius 2 is 1.84 bits per heavy atom. The molecule has 1 heterocycles. The molecular weight excluding hydrogens is 244 g/mol. The SMILES string of the molecule is Cc1ccc(C)c(-c2nnc(C(C)C)o2)c1C(=O)O. The summed E-state index contributed by atoms with van der Waals surface area (Å²) in [4.78, 5) is 11.4. The molecule has 100 valence electrons. The number of carboxylic acid groups (broad SMARTS) is 1. The average Bonchev–Trinajstić information content (AvgIpc) is 2.80. The van der Waals surface area contributed by atoms with Crippen molar-refractivity contribution in [3.05, 3.63) is 34.7 Å². The van der Waals surface area contributed by atoms with Crippen LogP contribution in [0, 0.1) is 13.8 Å². The highest BCUT2D eigenvalue weighted by atomic mass is 16.4. The van der Waals surface area contributed by atoms with Gasteiger partial charge in [-0.05, 0) is 25.0 Å². The second-order valence-electron chi connectivity index (χ2n) is 4.85. The van der Waals surface area contributed by atoms with Crippen LogP contribution in [-0.2, 0) is 0 Å². The van der Waals surface area contributed by atoms with Gasteiger partial charge < -0.3 is 9.52 Å². The first-order valence-corrected chi connectivity index (χ1v) is 6.09. The van der Waals surface area contributed by atoms with E-state index in [-0.39, 0.29) is 17.4 Å². The fourth-order valence-electron chi connectivity index (χ4n) is 1.93. The van der Waals surface area contributed by atoms with Gasteiger partial charge in [0, 0.05) is 5.92 Å². The van der Waals surface area contributed by atoms with E-state index in [2.05, 4.69) is 10.2 Å². The fourth-order valence-corrected chi connectivity index (χ4v) is 1.93. The van der Waals surface area contributed by atoms with Crippen LogP contribution < -0.4 is 0 Å². The highest BCUT2D eigenvalue weighted by Gasteiger charge is 2.22. The van der Waals surface area contributed by atoms with Gasteiger partial charge in [-0.25, -0.2) is 4.79 Å². The summed E-state index contributed by atoms with van der Waals surface area (Å²) >= 11 is 0. The van der Waals surface area contributed by atoms with E-state index in [9.17, 15) is 9.90 Å². The lowest BCUT2D eigenvalue weighted by atomic mass is 9.97. The summed E-state index contributed by atoms with van der Waals surface area (Å²) in [5.41, 5.74) is 2.21. The Kier molecular flexibility index (Phi) is 3.38. The number of aromatic nitrogens is 2. The highest BCUT2D eigenvalue weighted by molar-refractivity contribution is 5.97. The van der Waals surface area contributed by atoms with E-state index in [1.807, 2.05) is 26.8 Å². The predicted octanol–water partition coefficient (Wildman–Crippen LogP) is 3.18. The molecule has 1 N–H and O–H groups in total. The average molecular weight is 260 g/mol. The van der Waals surface area contributed by atoms with Crippen molar-refractivity contribution in [2.75, 3.05) is 0 Å². The Labute approximate surface area is 111 Å². The first-order valence-electron chi connectivity index (χ1n) is 6.09. The van der Waals surface area contributed by atoms with E-state index < -0.39 is 5.97 Å². The number of carbonyl (C=O) groups is 1. The van der Waals surface area contributed by atoms with E-state index in [0.29, 0.717) is 17.0 Å². The maximum atomic E-state index is 11.4.